The van der Waals surface area contributed by atoms with Crippen molar-refractivity contribution in [3.05, 3.63) is 46.4 Å². The van der Waals surface area contributed by atoms with Crippen LogP contribution in [0.15, 0.2) is 34.8 Å². The van der Waals surface area contributed by atoms with Gasteiger partial charge < -0.3 is 4.57 Å². The van der Waals surface area contributed by atoms with Crippen LogP contribution in [0.5, 0.6) is 0 Å². The maximum atomic E-state index is 13.4. The SMILES string of the molecule is CCn1c2ccc(Br)cc2c2nc3cc(F)c(F)cc3nc21. The van der Waals surface area contributed by atoms with Gasteiger partial charge in [0, 0.05) is 28.5 Å². The topological polar surface area (TPSA) is 30.7 Å². The zero-order chi connectivity index (χ0) is 15.4. The van der Waals surface area contributed by atoms with Crippen LogP contribution in [-0.2, 0) is 6.54 Å². The van der Waals surface area contributed by atoms with Crippen molar-refractivity contribution in [1.82, 2.24) is 14.5 Å². The van der Waals surface area contributed by atoms with Crippen molar-refractivity contribution in [3.63, 3.8) is 0 Å². The first-order valence-electron chi connectivity index (χ1n) is 6.82. The third-order valence-corrected chi connectivity index (χ3v) is 4.26. The molecule has 0 bridgehead atoms. The lowest BCUT2D eigenvalue weighted by atomic mass is 10.2. The number of rotatable bonds is 1. The summed E-state index contributed by atoms with van der Waals surface area (Å²) in [5.41, 5.74) is 3.06. The molecule has 0 saturated heterocycles. The van der Waals surface area contributed by atoms with Gasteiger partial charge in [-0.05, 0) is 25.1 Å². The highest BCUT2D eigenvalue weighted by atomic mass is 79.9. The Morgan fingerprint density at radius 3 is 2.41 bits per heavy atom. The summed E-state index contributed by atoms with van der Waals surface area (Å²) >= 11 is 3.45. The lowest BCUT2D eigenvalue weighted by Crippen LogP contribution is -1.97. The normalized spacial score (nSPS) is 11.8. The first-order valence-corrected chi connectivity index (χ1v) is 7.62. The van der Waals surface area contributed by atoms with Crippen molar-refractivity contribution in [1.29, 1.82) is 0 Å². The van der Waals surface area contributed by atoms with Crippen molar-refractivity contribution in [2.24, 2.45) is 0 Å². The minimum atomic E-state index is -0.915. The first-order chi connectivity index (χ1) is 10.6. The van der Waals surface area contributed by atoms with E-state index in [1.807, 2.05) is 29.7 Å². The molecule has 3 nitrogen and oxygen atoms in total. The lowest BCUT2D eigenvalue weighted by molar-refractivity contribution is 0.510. The Hall–Kier alpha value is -2.08. The molecule has 22 heavy (non-hydrogen) atoms. The van der Waals surface area contributed by atoms with E-state index in [4.69, 9.17) is 0 Å². The van der Waals surface area contributed by atoms with Gasteiger partial charge in [-0.1, -0.05) is 15.9 Å². The van der Waals surface area contributed by atoms with Crippen LogP contribution in [0.2, 0.25) is 0 Å². The van der Waals surface area contributed by atoms with Gasteiger partial charge in [-0.15, -0.1) is 0 Å². The van der Waals surface area contributed by atoms with Gasteiger partial charge in [0.15, 0.2) is 17.3 Å². The van der Waals surface area contributed by atoms with Gasteiger partial charge in [-0.3, -0.25) is 0 Å². The van der Waals surface area contributed by atoms with Crippen molar-refractivity contribution in [2.75, 3.05) is 0 Å². The summed E-state index contributed by atoms with van der Waals surface area (Å²) in [6, 6.07) is 8.07. The van der Waals surface area contributed by atoms with Crippen LogP contribution in [0.1, 0.15) is 6.92 Å². The molecule has 110 valence electrons. The van der Waals surface area contributed by atoms with Crippen molar-refractivity contribution in [2.45, 2.75) is 13.5 Å². The zero-order valence-corrected chi connectivity index (χ0v) is 13.2. The summed E-state index contributed by atoms with van der Waals surface area (Å²) < 4.78 is 29.8. The van der Waals surface area contributed by atoms with Crippen LogP contribution < -0.4 is 0 Å². The molecule has 0 unspecified atom stereocenters. The van der Waals surface area contributed by atoms with Crippen LogP contribution in [0.4, 0.5) is 8.78 Å². The van der Waals surface area contributed by atoms with E-state index in [1.54, 1.807) is 0 Å². The van der Waals surface area contributed by atoms with E-state index < -0.39 is 11.6 Å². The van der Waals surface area contributed by atoms with Crippen LogP contribution in [0, 0.1) is 11.6 Å². The quantitative estimate of drug-likeness (QED) is 0.487. The van der Waals surface area contributed by atoms with Gasteiger partial charge >= 0.3 is 0 Å². The van der Waals surface area contributed by atoms with Gasteiger partial charge in [0.1, 0.15) is 5.52 Å². The third kappa shape index (κ3) is 1.83. The monoisotopic (exact) mass is 361 g/mol. The van der Waals surface area contributed by atoms with E-state index in [-0.39, 0.29) is 0 Å². The first kappa shape index (κ1) is 13.6. The molecule has 0 aliphatic carbocycles. The smallest absolute Gasteiger partial charge is 0.161 e. The number of aromatic nitrogens is 3. The predicted octanol–water partition coefficient (Wildman–Crippen LogP) is 4.80. The molecule has 4 rings (SSSR count). The summed E-state index contributed by atoms with van der Waals surface area (Å²) in [5.74, 6) is -1.83. The Kier molecular flexibility index (Phi) is 2.91. The molecule has 2 heterocycles. The fourth-order valence-corrected chi connectivity index (χ4v) is 3.14. The molecule has 0 saturated carbocycles. The fraction of sp³-hybridized carbons (Fsp3) is 0.125. The zero-order valence-electron chi connectivity index (χ0n) is 11.6. The number of fused-ring (bicyclic) bond motifs is 4. The number of aryl methyl sites for hydroxylation is 1. The van der Waals surface area contributed by atoms with Gasteiger partial charge in [0.25, 0.3) is 0 Å². The number of benzene rings is 2. The van der Waals surface area contributed by atoms with Crippen LogP contribution >= 0.6 is 15.9 Å². The van der Waals surface area contributed by atoms with E-state index in [1.165, 1.54) is 0 Å². The largest absolute Gasteiger partial charge is 0.324 e. The molecule has 0 aliphatic rings. The van der Waals surface area contributed by atoms with E-state index in [0.29, 0.717) is 28.7 Å². The molecule has 0 N–H and O–H groups in total. The molecule has 2 aromatic carbocycles. The van der Waals surface area contributed by atoms with Gasteiger partial charge in [-0.2, -0.15) is 0 Å². The summed E-state index contributed by atoms with van der Waals surface area (Å²) in [6.07, 6.45) is 0. The van der Waals surface area contributed by atoms with Gasteiger partial charge in [-0.25, -0.2) is 18.7 Å². The van der Waals surface area contributed by atoms with E-state index in [0.717, 1.165) is 27.5 Å². The maximum Gasteiger partial charge on any atom is 0.161 e. The fourth-order valence-electron chi connectivity index (χ4n) is 2.78. The standard InChI is InChI=1S/C16H10BrF2N3/c1-2-22-14-4-3-8(17)5-9(14)15-16(22)21-13-7-11(19)10(18)6-12(13)20-15/h3-7H,2H2,1H3. The third-order valence-electron chi connectivity index (χ3n) is 3.76. The minimum absolute atomic E-state index is 0.349. The summed E-state index contributed by atoms with van der Waals surface area (Å²) in [5, 5.41) is 0.936. The molecule has 4 aromatic rings. The van der Waals surface area contributed by atoms with Crippen LogP contribution in [-0.4, -0.2) is 14.5 Å². The molecular weight excluding hydrogens is 352 g/mol. The molecule has 0 aliphatic heterocycles. The second-order valence-corrected chi connectivity index (χ2v) is 5.97. The number of hydrogen-bond donors (Lipinski definition) is 0. The van der Waals surface area contributed by atoms with Gasteiger partial charge in [0.05, 0.1) is 16.6 Å². The average Bonchev–Trinajstić information content (AvgIpc) is 2.78. The molecule has 0 spiro atoms. The van der Waals surface area contributed by atoms with E-state index in [9.17, 15) is 8.78 Å². The predicted molar refractivity (Wildman–Crippen MR) is 85.8 cm³/mol. The highest BCUT2D eigenvalue weighted by Crippen LogP contribution is 2.30. The number of halogens is 3. The lowest BCUT2D eigenvalue weighted by Gasteiger charge is -2.03. The highest BCUT2D eigenvalue weighted by molar-refractivity contribution is 9.10. The molecule has 0 amide bonds. The molecule has 0 fully saturated rings. The summed E-state index contributed by atoms with van der Waals surface area (Å²) in [6.45, 7) is 2.73. The van der Waals surface area contributed by atoms with Crippen LogP contribution in [0.25, 0.3) is 33.1 Å². The summed E-state index contributed by atoms with van der Waals surface area (Å²) in [7, 11) is 0. The molecule has 0 atom stereocenters. The Morgan fingerprint density at radius 2 is 1.73 bits per heavy atom. The second kappa shape index (κ2) is 4.71. The molecule has 0 radical (unpaired) electrons. The Labute approximate surface area is 132 Å². The number of hydrogen-bond acceptors (Lipinski definition) is 2. The van der Waals surface area contributed by atoms with Crippen molar-refractivity contribution >= 4 is 49.0 Å². The maximum absolute atomic E-state index is 13.4. The second-order valence-electron chi connectivity index (χ2n) is 5.06. The van der Waals surface area contributed by atoms with Crippen LogP contribution in [0.3, 0.4) is 0 Å². The highest BCUT2D eigenvalue weighted by Gasteiger charge is 2.15. The Balaban J connectivity index is 2.23. The number of nitrogens with zero attached hydrogens (tertiary/aromatic N) is 3. The van der Waals surface area contributed by atoms with E-state index >= 15 is 0 Å². The average molecular weight is 362 g/mol. The minimum Gasteiger partial charge on any atom is -0.324 e. The Bertz CT molecular complexity index is 1060. The van der Waals surface area contributed by atoms with Crippen molar-refractivity contribution < 1.29 is 8.78 Å². The summed E-state index contributed by atoms with van der Waals surface area (Å²) in [4.78, 5) is 9.00. The molecule has 6 heteroatoms. The van der Waals surface area contributed by atoms with E-state index in [2.05, 4.69) is 25.9 Å². The molecule has 2 aromatic heterocycles. The van der Waals surface area contributed by atoms with Crippen molar-refractivity contribution in [3.8, 4) is 0 Å². The molecular formula is C16H10BrF2N3. The van der Waals surface area contributed by atoms with Gasteiger partial charge in [0.2, 0.25) is 0 Å². The Morgan fingerprint density at radius 1 is 1.05 bits per heavy atom.